The van der Waals surface area contributed by atoms with Crippen LogP contribution in [-0.2, 0) is 4.79 Å². The van der Waals surface area contributed by atoms with Crippen molar-refractivity contribution in [3.63, 3.8) is 0 Å². The Labute approximate surface area is 136 Å². The smallest absolute Gasteiger partial charge is 0.234 e. The van der Waals surface area contributed by atoms with Gasteiger partial charge in [-0.25, -0.2) is 0 Å². The zero-order chi connectivity index (χ0) is 15.2. The van der Waals surface area contributed by atoms with Gasteiger partial charge in [-0.15, -0.1) is 10.2 Å². The molecule has 0 aliphatic heterocycles. The fraction of sp³-hybridized carbons (Fsp3) is 0.0625. The summed E-state index contributed by atoms with van der Waals surface area (Å²) in [5, 5.41) is 10.6. The second kappa shape index (κ2) is 7.20. The van der Waals surface area contributed by atoms with Crippen molar-refractivity contribution in [1.29, 1.82) is 0 Å². The van der Waals surface area contributed by atoms with Crippen LogP contribution in [0.5, 0.6) is 0 Å². The molecule has 6 heteroatoms. The lowest BCUT2D eigenvalue weighted by Gasteiger charge is -2.10. The molecule has 22 heavy (non-hydrogen) atoms. The lowest BCUT2D eigenvalue weighted by molar-refractivity contribution is -0.113. The molecule has 0 bridgehead atoms. The number of hydrogen-bond donors (Lipinski definition) is 1. The Morgan fingerprint density at radius 3 is 2.64 bits per heavy atom. The van der Waals surface area contributed by atoms with E-state index >= 15 is 0 Å². The van der Waals surface area contributed by atoms with Crippen molar-refractivity contribution in [2.24, 2.45) is 0 Å². The van der Waals surface area contributed by atoms with Gasteiger partial charge in [-0.2, -0.15) is 0 Å². The summed E-state index contributed by atoms with van der Waals surface area (Å²) >= 11 is 2.82. The molecule has 1 heterocycles. The van der Waals surface area contributed by atoms with Gasteiger partial charge in [-0.1, -0.05) is 71.6 Å². The third kappa shape index (κ3) is 3.72. The van der Waals surface area contributed by atoms with E-state index in [1.807, 2.05) is 54.6 Å². The number of nitrogens with zero attached hydrogens (tertiary/aromatic N) is 2. The minimum Gasteiger partial charge on any atom is -0.325 e. The summed E-state index contributed by atoms with van der Waals surface area (Å²) in [6.45, 7) is 0. The Hall–Kier alpha value is -2.18. The van der Waals surface area contributed by atoms with Crippen molar-refractivity contribution in [3.05, 3.63) is 60.1 Å². The summed E-state index contributed by atoms with van der Waals surface area (Å²) in [7, 11) is 0. The third-order valence-corrected chi connectivity index (χ3v) is 4.81. The molecular formula is C16H13N3OS2. The summed E-state index contributed by atoms with van der Waals surface area (Å²) in [5.74, 6) is 0.266. The molecule has 1 amide bonds. The fourth-order valence-electron chi connectivity index (χ4n) is 2.00. The molecule has 3 rings (SSSR count). The van der Waals surface area contributed by atoms with Crippen LogP contribution in [0.1, 0.15) is 0 Å². The first-order chi connectivity index (χ1) is 10.8. The van der Waals surface area contributed by atoms with E-state index in [0.717, 1.165) is 21.2 Å². The largest absolute Gasteiger partial charge is 0.325 e. The quantitative estimate of drug-likeness (QED) is 0.721. The SMILES string of the molecule is O=C(CSc1nncs1)Nc1ccccc1-c1ccccc1. The van der Waals surface area contributed by atoms with Crippen LogP contribution in [0.2, 0.25) is 0 Å². The number of thioether (sulfide) groups is 1. The van der Waals surface area contributed by atoms with E-state index in [4.69, 9.17) is 0 Å². The normalized spacial score (nSPS) is 10.4. The topological polar surface area (TPSA) is 54.9 Å². The summed E-state index contributed by atoms with van der Waals surface area (Å²) in [6, 6.07) is 17.8. The molecule has 0 atom stereocenters. The molecule has 0 radical (unpaired) electrons. The number of carbonyl (C=O) groups excluding carboxylic acids is 1. The number of aromatic nitrogens is 2. The van der Waals surface area contributed by atoms with E-state index in [2.05, 4.69) is 15.5 Å². The molecule has 0 spiro atoms. The molecular weight excluding hydrogens is 314 g/mol. The molecule has 0 unspecified atom stereocenters. The van der Waals surface area contributed by atoms with Gasteiger partial charge in [0.15, 0.2) is 4.34 Å². The summed E-state index contributed by atoms with van der Waals surface area (Å²) in [5.41, 5.74) is 4.56. The van der Waals surface area contributed by atoms with E-state index in [-0.39, 0.29) is 5.91 Å². The third-order valence-electron chi connectivity index (χ3n) is 2.95. The van der Waals surface area contributed by atoms with Crippen LogP contribution < -0.4 is 5.32 Å². The average molecular weight is 327 g/mol. The number of rotatable bonds is 5. The molecule has 0 saturated heterocycles. The first-order valence-corrected chi connectivity index (χ1v) is 8.53. The lowest BCUT2D eigenvalue weighted by Crippen LogP contribution is -2.14. The van der Waals surface area contributed by atoms with Crippen molar-refractivity contribution in [2.45, 2.75) is 4.34 Å². The monoisotopic (exact) mass is 327 g/mol. The number of benzene rings is 2. The first kappa shape index (κ1) is 14.7. The second-order valence-electron chi connectivity index (χ2n) is 4.45. The molecule has 1 N–H and O–H groups in total. The lowest BCUT2D eigenvalue weighted by atomic mass is 10.0. The number of para-hydroxylation sites is 1. The minimum absolute atomic E-state index is 0.0522. The molecule has 3 aromatic rings. The van der Waals surface area contributed by atoms with Crippen LogP contribution in [-0.4, -0.2) is 21.9 Å². The van der Waals surface area contributed by atoms with Gasteiger partial charge in [0.25, 0.3) is 0 Å². The Balaban J connectivity index is 1.71. The van der Waals surface area contributed by atoms with Crippen molar-refractivity contribution in [2.75, 3.05) is 11.1 Å². The molecule has 0 fully saturated rings. The number of amides is 1. The van der Waals surface area contributed by atoms with Gasteiger partial charge in [0.1, 0.15) is 5.51 Å². The van der Waals surface area contributed by atoms with Gasteiger partial charge in [0.2, 0.25) is 5.91 Å². The van der Waals surface area contributed by atoms with E-state index in [0.29, 0.717) is 5.75 Å². The van der Waals surface area contributed by atoms with E-state index in [9.17, 15) is 4.79 Å². The predicted octanol–water partition coefficient (Wildman–Crippen LogP) is 3.94. The molecule has 2 aromatic carbocycles. The van der Waals surface area contributed by atoms with E-state index in [1.54, 1.807) is 5.51 Å². The number of nitrogens with one attached hydrogen (secondary N) is 1. The Morgan fingerprint density at radius 2 is 1.86 bits per heavy atom. The van der Waals surface area contributed by atoms with Crippen LogP contribution in [0.4, 0.5) is 5.69 Å². The van der Waals surface area contributed by atoms with E-state index in [1.165, 1.54) is 23.1 Å². The van der Waals surface area contributed by atoms with Crippen LogP contribution >= 0.6 is 23.1 Å². The van der Waals surface area contributed by atoms with Crippen molar-refractivity contribution in [1.82, 2.24) is 10.2 Å². The number of carbonyl (C=O) groups is 1. The highest BCUT2D eigenvalue weighted by Gasteiger charge is 2.09. The zero-order valence-electron chi connectivity index (χ0n) is 11.6. The van der Waals surface area contributed by atoms with Crippen LogP contribution in [0.25, 0.3) is 11.1 Å². The molecule has 0 aliphatic rings. The molecule has 0 saturated carbocycles. The molecule has 1 aromatic heterocycles. The maximum atomic E-state index is 12.1. The second-order valence-corrected chi connectivity index (χ2v) is 6.51. The van der Waals surface area contributed by atoms with Gasteiger partial charge in [0, 0.05) is 11.3 Å². The van der Waals surface area contributed by atoms with Gasteiger partial charge in [-0.3, -0.25) is 4.79 Å². The highest BCUT2D eigenvalue weighted by atomic mass is 32.2. The van der Waals surface area contributed by atoms with Gasteiger partial charge in [-0.05, 0) is 11.6 Å². The highest BCUT2D eigenvalue weighted by molar-refractivity contribution is 8.01. The van der Waals surface area contributed by atoms with Crippen LogP contribution in [0.15, 0.2) is 64.4 Å². The highest BCUT2D eigenvalue weighted by Crippen LogP contribution is 2.28. The Bertz CT molecular complexity index is 745. The molecule has 4 nitrogen and oxygen atoms in total. The van der Waals surface area contributed by atoms with E-state index < -0.39 is 0 Å². The maximum Gasteiger partial charge on any atom is 0.234 e. The van der Waals surface area contributed by atoms with Crippen LogP contribution in [0.3, 0.4) is 0 Å². The van der Waals surface area contributed by atoms with Crippen LogP contribution in [0, 0.1) is 0 Å². The molecule has 0 aliphatic carbocycles. The standard InChI is InChI=1S/C16H13N3OS2/c20-15(10-21-16-19-17-11-22-16)18-14-9-5-4-8-13(14)12-6-2-1-3-7-12/h1-9,11H,10H2,(H,18,20). The van der Waals surface area contributed by atoms with Crippen molar-refractivity contribution >= 4 is 34.7 Å². The van der Waals surface area contributed by atoms with Crippen molar-refractivity contribution < 1.29 is 4.79 Å². The Kier molecular flexibility index (Phi) is 4.82. The Morgan fingerprint density at radius 1 is 1.09 bits per heavy atom. The van der Waals surface area contributed by atoms with Gasteiger partial charge < -0.3 is 5.32 Å². The average Bonchev–Trinajstić information content (AvgIpc) is 3.08. The summed E-state index contributed by atoms with van der Waals surface area (Å²) < 4.78 is 0.798. The number of anilines is 1. The fourth-order valence-corrected chi connectivity index (χ4v) is 3.29. The summed E-state index contributed by atoms with van der Waals surface area (Å²) in [4.78, 5) is 12.1. The maximum absolute atomic E-state index is 12.1. The predicted molar refractivity (Wildman–Crippen MR) is 91.1 cm³/mol. The summed E-state index contributed by atoms with van der Waals surface area (Å²) in [6.07, 6.45) is 0. The van der Waals surface area contributed by atoms with Gasteiger partial charge in [0.05, 0.1) is 5.75 Å². The zero-order valence-corrected chi connectivity index (χ0v) is 13.2. The van der Waals surface area contributed by atoms with Crippen molar-refractivity contribution in [3.8, 4) is 11.1 Å². The number of hydrogen-bond acceptors (Lipinski definition) is 5. The van der Waals surface area contributed by atoms with Gasteiger partial charge >= 0.3 is 0 Å². The molecule has 110 valence electrons. The minimum atomic E-state index is -0.0522. The first-order valence-electron chi connectivity index (χ1n) is 6.66.